The van der Waals surface area contributed by atoms with E-state index in [1.54, 1.807) is 6.92 Å². The third-order valence-electron chi connectivity index (χ3n) is 5.70. The number of carbonyl (C=O) groups is 2. The summed E-state index contributed by atoms with van der Waals surface area (Å²) in [5.74, 6) is 0.378. The molecule has 3 rings (SSSR count). The van der Waals surface area contributed by atoms with E-state index in [2.05, 4.69) is 35.3 Å². The van der Waals surface area contributed by atoms with E-state index >= 15 is 0 Å². The summed E-state index contributed by atoms with van der Waals surface area (Å²) in [7, 11) is 1.36. The number of aromatic amines is 1. The molecule has 5 nitrogen and oxygen atoms in total. The highest BCUT2D eigenvalue weighted by Crippen LogP contribution is 2.19. The highest BCUT2D eigenvalue weighted by Gasteiger charge is 2.27. The van der Waals surface area contributed by atoms with Crippen molar-refractivity contribution in [2.45, 2.75) is 33.1 Å². The SMILES string of the molecule is COC(=O)c1c(C)[nH]c(C(=O)C[NH+]2CCC(Cc3ccccc3)CC2)c1C. The molecule has 0 unspecified atom stereocenters. The van der Waals surface area contributed by atoms with Crippen LogP contribution in [0.15, 0.2) is 30.3 Å². The van der Waals surface area contributed by atoms with E-state index < -0.39 is 5.97 Å². The maximum absolute atomic E-state index is 12.8. The van der Waals surface area contributed by atoms with Crippen LogP contribution in [-0.2, 0) is 11.2 Å². The number of rotatable bonds is 6. The second-order valence-corrected chi connectivity index (χ2v) is 7.60. The first-order valence-electron chi connectivity index (χ1n) is 9.67. The van der Waals surface area contributed by atoms with Crippen LogP contribution >= 0.6 is 0 Å². The van der Waals surface area contributed by atoms with Crippen LogP contribution in [0.3, 0.4) is 0 Å². The number of ether oxygens (including phenoxy) is 1. The Balaban J connectivity index is 1.56. The number of quaternary nitrogens is 1. The minimum atomic E-state index is -0.394. The molecule has 1 aliphatic heterocycles. The van der Waals surface area contributed by atoms with Gasteiger partial charge >= 0.3 is 5.97 Å². The molecule has 1 aromatic heterocycles. The van der Waals surface area contributed by atoms with Gasteiger partial charge in [0.25, 0.3) is 0 Å². The van der Waals surface area contributed by atoms with Crippen LogP contribution in [0.25, 0.3) is 0 Å². The highest BCUT2D eigenvalue weighted by molar-refractivity contribution is 6.01. The minimum absolute atomic E-state index is 0.0715. The first kappa shape index (κ1) is 19.4. The molecule has 0 saturated carbocycles. The van der Waals surface area contributed by atoms with Crippen molar-refractivity contribution in [3.63, 3.8) is 0 Å². The summed E-state index contributed by atoms with van der Waals surface area (Å²) in [5.41, 5.74) is 3.82. The van der Waals surface area contributed by atoms with E-state index in [1.165, 1.54) is 17.6 Å². The van der Waals surface area contributed by atoms with Crippen LogP contribution in [0.1, 0.15) is 50.5 Å². The zero-order chi connectivity index (χ0) is 19.4. The van der Waals surface area contributed by atoms with Gasteiger partial charge in [-0.25, -0.2) is 4.79 Å². The lowest BCUT2D eigenvalue weighted by atomic mass is 9.90. The molecular weight excluding hydrogens is 340 g/mol. The Morgan fingerprint density at radius 1 is 1.15 bits per heavy atom. The molecule has 144 valence electrons. The number of nitrogens with one attached hydrogen (secondary N) is 2. The van der Waals surface area contributed by atoms with Crippen LogP contribution in [-0.4, -0.2) is 43.5 Å². The number of methoxy groups -OCH3 is 1. The number of H-pyrrole nitrogens is 1. The second-order valence-electron chi connectivity index (χ2n) is 7.60. The number of hydrogen-bond donors (Lipinski definition) is 2. The molecule has 1 aliphatic rings. The largest absolute Gasteiger partial charge is 0.465 e. The fraction of sp³-hybridized carbons (Fsp3) is 0.455. The van der Waals surface area contributed by atoms with Gasteiger partial charge in [-0.05, 0) is 50.2 Å². The molecule has 0 amide bonds. The Labute approximate surface area is 160 Å². The predicted molar refractivity (Wildman–Crippen MR) is 104 cm³/mol. The van der Waals surface area contributed by atoms with E-state index in [1.807, 2.05) is 6.92 Å². The molecule has 0 spiro atoms. The van der Waals surface area contributed by atoms with Crippen molar-refractivity contribution >= 4 is 11.8 Å². The maximum Gasteiger partial charge on any atom is 0.339 e. The van der Waals surface area contributed by atoms with Gasteiger partial charge in [0.15, 0.2) is 0 Å². The number of likely N-dealkylation sites (tertiary alicyclic amines) is 1. The lowest BCUT2D eigenvalue weighted by Crippen LogP contribution is -3.14. The molecule has 27 heavy (non-hydrogen) atoms. The molecule has 5 heteroatoms. The number of esters is 1. The third-order valence-corrected chi connectivity index (χ3v) is 5.70. The second kappa shape index (κ2) is 8.53. The van der Waals surface area contributed by atoms with Crippen molar-refractivity contribution in [3.8, 4) is 0 Å². The average molecular weight is 369 g/mol. The Bertz CT molecular complexity index is 802. The fourth-order valence-electron chi connectivity index (χ4n) is 4.17. The summed E-state index contributed by atoms with van der Waals surface area (Å²) in [6.07, 6.45) is 3.42. The Morgan fingerprint density at radius 3 is 2.44 bits per heavy atom. The van der Waals surface area contributed by atoms with Gasteiger partial charge in [-0.1, -0.05) is 30.3 Å². The zero-order valence-corrected chi connectivity index (χ0v) is 16.4. The quantitative estimate of drug-likeness (QED) is 0.606. The zero-order valence-electron chi connectivity index (χ0n) is 16.4. The molecule has 0 bridgehead atoms. The van der Waals surface area contributed by atoms with Gasteiger partial charge in [0.2, 0.25) is 5.78 Å². The Morgan fingerprint density at radius 2 is 1.81 bits per heavy atom. The van der Waals surface area contributed by atoms with Crippen molar-refractivity contribution in [1.82, 2.24) is 4.98 Å². The van der Waals surface area contributed by atoms with E-state index in [9.17, 15) is 9.59 Å². The standard InChI is InChI=1S/C22H28N2O3/c1-15-20(22(26)27-3)16(2)23-21(15)19(25)14-24-11-9-18(10-12-24)13-17-7-5-4-6-8-17/h4-8,18,23H,9-14H2,1-3H3/p+1. The maximum atomic E-state index is 12.8. The minimum Gasteiger partial charge on any atom is -0.465 e. The summed E-state index contributed by atoms with van der Waals surface area (Å²) in [5, 5.41) is 0. The van der Waals surface area contributed by atoms with Crippen LogP contribution < -0.4 is 4.90 Å². The first-order valence-corrected chi connectivity index (χ1v) is 9.67. The van der Waals surface area contributed by atoms with Gasteiger partial charge in [0.05, 0.1) is 31.5 Å². The Kier molecular flexibility index (Phi) is 6.11. The normalized spacial score (nSPS) is 19.7. The summed E-state index contributed by atoms with van der Waals surface area (Å²) in [6.45, 7) is 6.12. The molecule has 1 fully saturated rings. The van der Waals surface area contributed by atoms with Crippen molar-refractivity contribution in [3.05, 3.63) is 58.4 Å². The summed E-state index contributed by atoms with van der Waals surface area (Å²) < 4.78 is 4.83. The molecule has 0 aliphatic carbocycles. The Hall–Kier alpha value is -2.40. The van der Waals surface area contributed by atoms with Crippen molar-refractivity contribution in [1.29, 1.82) is 0 Å². The summed E-state index contributed by atoms with van der Waals surface area (Å²) in [4.78, 5) is 29.1. The van der Waals surface area contributed by atoms with Gasteiger partial charge in [-0.3, -0.25) is 4.79 Å². The monoisotopic (exact) mass is 369 g/mol. The van der Waals surface area contributed by atoms with Crippen molar-refractivity contribution in [2.24, 2.45) is 5.92 Å². The number of piperidine rings is 1. The van der Waals surface area contributed by atoms with Gasteiger partial charge < -0.3 is 14.6 Å². The fourth-order valence-corrected chi connectivity index (χ4v) is 4.17. The van der Waals surface area contributed by atoms with E-state index in [-0.39, 0.29) is 5.78 Å². The lowest BCUT2D eigenvalue weighted by molar-refractivity contribution is -0.897. The van der Waals surface area contributed by atoms with Crippen LogP contribution in [0.5, 0.6) is 0 Å². The summed E-state index contributed by atoms with van der Waals surface area (Å²) >= 11 is 0. The van der Waals surface area contributed by atoms with E-state index in [0.717, 1.165) is 32.4 Å². The van der Waals surface area contributed by atoms with E-state index in [4.69, 9.17) is 4.74 Å². The molecule has 0 atom stereocenters. The van der Waals surface area contributed by atoms with Gasteiger partial charge in [-0.2, -0.15) is 0 Å². The molecule has 2 N–H and O–H groups in total. The number of aromatic nitrogens is 1. The molecule has 1 aromatic carbocycles. The number of Topliss-reactive ketones (excluding diaryl/α,β-unsaturated/α-hetero) is 1. The number of ketones is 1. The first-order chi connectivity index (χ1) is 13.0. The van der Waals surface area contributed by atoms with Crippen molar-refractivity contribution < 1.29 is 19.2 Å². The molecule has 1 saturated heterocycles. The average Bonchev–Trinajstić information content (AvgIpc) is 2.98. The molecule has 0 radical (unpaired) electrons. The van der Waals surface area contributed by atoms with Crippen LogP contribution in [0.4, 0.5) is 0 Å². The number of benzene rings is 1. The topological polar surface area (TPSA) is 63.6 Å². The molecular formula is C22H29N2O3+. The van der Waals surface area contributed by atoms with Crippen LogP contribution in [0, 0.1) is 19.8 Å². The number of hydrogen-bond acceptors (Lipinski definition) is 3. The van der Waals surface area contributed by atoms with Gasteiger partial charge in [0, 0.05) is 5.69 Å². The third kappa shape index (κ3) is 4.48. The van der Waals surface area contributed by atoms with Gasteiger partial charge in [0.1, 0.15) is 6.54 Å². The van der Waals surface area contributed by atoms with Crippen molar-refractivity contribution in [2.75, 3.05) is 26.7 Å². The lowest BCUT2D eigenvalue weighted by Gasteiger charge is -2.28. The number of carbonyl (C=O) groups excluding carboxylic acids is 2. The smallest absolute Gasteiger partial charge is 0.339 e. The van der Waals surface area contributed by atoms with Gasteiger partial charge in [-0.15, -0.1) is 0 Å². The summed E-state index contributed by atoms with van der Waals surface area (Å²) in [6, 6.07) is 10.6. The molecule has 2 heterocycles. The van der Waals surface area contributed by atoms with E-state index in [0.29, 0.717) is 35.0 Å². The van der Waals surface area contributed by atoms with Crippen LogP contribution in [0.2, 0.25) is 0 Å². The molecule has 2 aromatic rings. The number of aryl methyl sites for hydroxylation is 1. The highest BCUT2D eigenvalue weighted by atomic mass is 16.5. The predicted octanol–water partition coefficient (Wildman–Crippen LogP) is 2.14.